The van der Waals surface area contributed by atoms with E-state index in [0.29, 0.717) is 42.5 Å². The van der Waals surface area contributed by atoms with Crippen molar-refractivity contribution in [3.8, 4) is 0 Å². The summed E-state index contributed by atoms with van der Waals surface area (Å²) in [5, 5.41) is 0.609. The quantitative estimate of drug-likeness (QED) is 0.833. The number of rotatable bonds is 2. The standard InChI is InChI=1S/C16H14Cl2N2O3/c17-12-4-1-3-11(14(12)18)15(21)19-6-8-20(9-7-19)16(22)13-5-2-10-23-13/h1-5,10H,6-9H2. The van der Waals surface area contributed by atoms with Crippen LogP contribution in [0.1, 0.15) is 20.9 Å². The average molecular weight is 353 g/mol. The van der Waals surface area contributed by atoms with E-state index in [4.69, 9.17) is 27.6 Å². The first-order valence-corrected chi connectivity index (χ1v) is 7.89. The first kappa shape index (κ1) is 15.9. The smallest absolute Gasteiger partial charge is 0.289 e. The van der Waals surface area contributed by atoms with Crippen molar-refractivity contribution in [2.75, 3.05) is 26.2 Å². The van der Waals surface area contributed by atoms with Crippen LogP contribution in [0.3, 0.4) is 0 Å². The van der Waals surface area contributed by atoms with Gasteiger partial charge in [-0.05, 0) is 24.3 Å². The predicted molar refractivity (Wildman–Crippen MR) is 87.0 cm³/mol. The summed E-state index contributed by atoms with van der Waals surface area (Å²) in [6.45, 7) is 1.77. The molecular formula is C16H14Cl2N2O3. The second kappa shape index (κ2) is 6.64. The molecule has 0 saturated carbocycles. The summed E-state index contributed by atoms with van der Waals surface area (Å²) in [5.41, 5.74) is 0.380. The number of nitrogens with zero attached hydrogens (tertiary/aromatic N) is 2. The predicted octanol–water partition coefficient (Wildman–Crippen LogP) is 3.18. The Morgan fingerprint density at radius 2 is 1.57 bits per heavy atom. The first-order valence-electron chi connectivity index (χ1n) is 7.14. The Kier molecular flexibility index (Phi) is 4.59. The molecule has 1 aromatic carbocycles. The molecule has 5 nitrogen and oxygen atoms in total. The van der Waals surface area contributed by atoms with Crippen molar-refractivity contribution in [3.05, 3.63) is 58.0 Å². The molecular weight excluding hydrogens is 339 g/mol. The molecule has 2 heterocycles. The highest BCUT2D eigenvalue weighted by atomic mass is 35.5. The molecule has 0 atom stereocenters. The molecule has 1 aromatic heterocycles. The molecule has 0 unspecified atom stereocenters. The zero-order valence-corrected chi connectivity index (χ0v) is 13.7. The van der Waals surface area contributed by atoms with Gasteiger partial charge in [0.2, 0.25) is 0 Å². The van der Waals surface area contributed by atoms with Gasteiger partial charge in [0, 0.05) is 26.2 Å². The van der Waals surface area contributed by atoms with Crippen LogP contribution in [0.2, 0.25) is 10.0 Å². The van der Waals surface area contributed by atoms with Crippen LogP contribution >= 0.6 is 23.2 Å². The van der Waals surface area contributed by atoms with E-state index in [1.54, 1.807) is 40.1 Å². The van der Waals surface area contributed by atoms with Crippen LogP contribution in [0.5, 0.6) is 0 Å². The number of hydrogen-bond donors (Lipinski definition) is 0. The fourth-order valence-corrected chi connectivity index (χ4v) is 2.89. The van der Waals surface area contributed by atoms with Crippen LogP contribution in [-0.4, -0.2) is 47.8 Å². The highest BCUT2D eigenvalue weighted by molar-refractivity contribution is 6.43. The maximum absolute atomic E-state index is 12.5. The third-order valence-corrected chi connectivity index (χ3v) is 4.59. The van der Waals surface area contributed by atoms with Crippen LogP contribution in [0.25, 0.3) is 0 Å². The molecule has 0 N–H and O–H groups in total. The van der Waals surface area contributed by atoms with Crippen molar-refractivity contribution in [2.24, 2.45) is 0 Å². The number of benzene rings is 1. The topological polar surface area (TPSA) is 53.8 Å². The van der Waals surface area contributed by atoms with Crippen LogP contribution in [0, 0.1) is 0 Å². The number of furan rings is 1. The van der Waals surface area contributed by atoms with Crippen molar-refractivity contribution in [1.29, 1.82) is 0 Å². The minimum atomic E-state index is -0.178. The second-order valence-electron chi connectivity index (χ2n) is 5.16. The van der Waals surface area contributed by atoms with E-state index in [-0.39, 0.29) is 16.8 Å². The third kappa shape index (κ3) is 3.21. The van der Waals surface area contributed by atoms with Gasteiger partial charge in [0.05, 0.1) is 21.9 Å². The van der Waals surface area contributed by atoms with Crippen LogP contribution in [-0.2, 0) is 0 Å². The molecule has 0 aliphatic carbocycles. The van der Waals surface area contributed by atoms with Gasteiger partial charge in [0.15, 0.2) is 5.76 Å². The van der Waals surface area contributed by atoms with E-state index in [0.717, 1.165) is 0 Å². The number of amides is 2. The molecule has 2 amide bonds. The summed E-state index contributed by atoms with van der Waals surface area (Å²) < 4.78 is 5.12. The van der Waals surface area contributed by atoms with Crippen LogP contribution in [0.4, 0.5) is 0 Å². The number of hydrogen-bond acceptors (Lipinski definition) is 3. The number of halogens is 2. The minimum absolute atomic E-state index is 0.164. The zero-order chi connectivity index (χ0) is 16.4. The molecule has 3 rings (SSSR count). The van der Waals surface area contributed by atoms with Crippen LogP contribution < -0.4 is 0 Å². The summed E-state index contributed by atoms with van der Waals surface area (Å²) in [6.07, 6.45) is 1.47. The van der Waals surface area contributed by atoms with Crippen molar-refractivity contribution < 1.29 is 14.0 Å². The summed E-state index contributed by atoms with van der Waals surface area (Å²) in [7, 11) is 0. The van der Waals surface area contributed by atoms with Gasteiger partial charge in [0.25, 0.3) is 11.8 Å². The van der Waals surface area contributed by atoms with E-state index in [2.05, 4.69) is 0 Å². The molecule has 2 aromatic rings. The maximum atomic E-state index is 12.5. The summed E-state index contributed by atoms with van der Waals surface area (Å²) in [5.74, 6) is -0.0341. The van der Waals surface area contributed by atoms with E-state index in [1.807, 2.05) is 0 Å². The molecule has 0 bridgehead atoms. The lowest BCUT2D eigenvalue weighted by molar-refractivity contribution is 0.0518. The summed E-state index contributed by atoms with van der Waals surface area (Å²) >= 11 is 12.1. The summed E-state index contributed by atoms with van der Waals surface area (Å²) in [4.78, 5) is 28.1. The third-order valence-electron chi connectivity index (χ3n) is 3.77. The zero-order valence-electron chi connectivity index (χ0n) is 12.2. The molecule has 23 heavy (non-hydrogen) atoms. The van der Waals surface area contributed by atoms with Crippen molar-refractivity contribution in [3.63, 3.8) is 0 Å². The molecule has 1 aliphatic rings. The van der Waals surface area contributed by atoms with E-state index < -0.39 is 0 Å². The number of carbonyl (C=O) groups is 2. The lowest BCUT2D eigenvalue weighted by Crippen LogP contribution is -2.50. The molecule has 1 aliphatic heterocycles. The highest BCUT2D eigenvalue weighted by Crippen LogP contribution is 2.26. The van der Waals surface area contributed by atoms with E-state index >= 15 is 0 Å². The van der Waals surface area contributed by atoms with Gasteiger partial charge >= 0.3 is 0 Å². The van der Waals surface area contributed by atoms with Gasteiger partial charge < -0.3 is 14.2 Å². The Bertz CT molecular complexity index is 723. The van der Waals surface area contributed by atoms with Crippen molar-refractivity contribution in [2.45, 2.75) is 0 Å². The Hall–Kier alpha value is -1.98. The maximum Gasteiger partial charge on any atom is 0.289 e. The highest BCUT2D eigenvalue weighted by Gasteiger charge is 2.27. The average Bonchev–Trinajstić information content (AvgIpc) is 3.11. The molecule has 7 heteroatoms. The Morgan fingerprint density at radius 3 is 2.17 bits per heavy atom. The van der Waals surface area contributed by atoms with Crippen molar-refractivity contribution in [1.82, 2.24) is 9.80 Å². The number of piperazine rings is 1. The van der Waals surface area contributed by atoms with E-state index in [9.17, 15) is 9.59 Å². The molecule has 0 spiro atoms. The Morgan fingerprint density at radius 1 is 0.913 bits per heavy atom. The van der Waals surface area contributed by atoms with Gasteiger partial charge in [-0.1, -0.05) is 29.3 Å². The molecule has 120 valence electrons. The lowest BCUT2D eigenvalue weighted by atomic mass is 10.1. The van der Waals surface area contributed by atoms with Gasteiger partial charge in [-0.15, -0.1) is 0 Å². The number of carbonyl (C=O) groups excluding carboxylic acids is 2. The van der Waals surface area contributed by atoms with Gasteiger partial charge in [0.1, 0.15) is 0 Å². The summed E-state index contributed by atoms with van der Waals surface area (Å²) in [6, 6.07) is 8.29. The Labute approximate surface area is 143 Å². The largest absolute Gasteiger partial charge is 0.459 e. The minimum Gasteiger partial charge on any atom is -0.459 e. The van der Waals surface area contributed by atoms with Crippen molar-refractivity contribution >= 4 is 35.0 Å². The molecule has 1 fully saturated rings. The van der Waals surface area contributed by atoms with Gasteiger partial charge in [-0.25, -0.2) is 0 Å². The molecule has 0 radical (unpaired) electrons. The normalized spacial score (nSPS) is 14.9. The first-order chi connectivity index (χ1) is 11.1. The SMILES string of the molecule is O=C(c1ccco1)N1CCN(C(=O)c2cccc(Cl)c2Cl)CC1. The van der Waals surface area contributed by atoms with E-state index in [1.165, 1.54) is 6.26 Å². The monoisotopic (exact) mass is 352 g/mol. The van der Waals surface area contributed by atoms with Gasteiger partial charge in [-0.2, -0.15) is 0 Å². The fraction of sp³-hybridized carbons (Fsp3) is 0.250. The van der Waals surface area contributed by atoms with Gasteiger partial charge in [-0.3, -0.25) is 9.59 Å². The second-order valence-corrected chi connectivity index (χ2v) is 5.95. The Balaban J connectivity index is 1.66. The van der Waals surface area contributed by atoms with Crippen LogP contribution in [0.15, 0.2) is 41.0 Å². The lowest BCUT2D eigenvalue weighted by Gasteiger charge is -2.34. The fourth-order valence-electron chi connectivity index (χ4n) is 2.51. The molecule has 1 saturated heterocycles.